The second kappa shape index (κ2) is 7.94. The maximum atomic E-state index is 13.5. The molecular formula is C16H18FN5O. The molecule has 1 heterocycles. The first-order valence-electron chi connectivity index (χ1n) is 7.34. The molecule has 23 heavy (non-hydrogen) atoms. The molecule has 0 fully saturated rings. The Bertz CT molecular complexity index is 693. The van der Waals surface area contributed by atoms with Gasteiger partial charge in [-0.1, -0.05) is 0 Å². The Kier molecular flexibility index (Phi) is 5.69. The molecule has 1 amide bonds. The maximum absolute atomic E-state index is 13.5. The minimum atomic E-state index is -0.396. The smallest absolute Gasteiger partial charge is 0.241 e. The van der Waals surface area contributed by atoms with E-state index in [4.69, 9.17) is 5.26 Å². The Morgan fingerprint density at radius 2 is 2.35 bits per heavy atom. The van der Waals surface area contributed by atoms with Gasteiger partial charge in [0.25, 0.3) is 0 Å². The number of aromatic nitrogens is 2. The predicted molar refractivity (Wildman–Crippen MR) is 84.5 cm³/mol. The fourth-order valence-electron chi connectivity index (χ4n) is 2.19. The highest BCUT2D eigenvalue weighted by molar-refractivity contribution is 5.81. The Labute approximate surface area is 134 Å². The largest absolute Gasteiger partial charge is 0.374 e. The van der Waals surface area contributed by atoms with E-state index in [1.54, 1.807) is 34.1 Å². The molecule has 0 aliphatic rings. The monoisotopic (exact) mass is 315 g/mol. The van der Waals surface area contributed by atoms with Gasteiger partial charge in [-0.25, -0.2) is 9.07 Å². The van der Waals surface area contributed by atoms with Gasteiger partial charge >= 0.3 is 0 Å². The number of amides is 1. The molecule has 0 bridgehead atoms. The average molecular weight is 315 g/mol. The van der Waals surface area contributed by atoms with E-state index < -0.39 is 5.82 Å². The molecule has 0 saturated heterocycles. The molecule has 0 unspecified atom stereocenters. The lowest BCUT2D eigenvalue weighted by molar-refractivity contribution is -0.129. The van der Waals surface area contributed by atoms with Crippen molar-refractivity contribution < 1.29 is 9.18 Å². The number of nitriles is 1. The average Bonchev–Trinajstić information content (AvgIpc) is 3.08. The second-order valence-electron chi connectivity index (χ2n) is 4.85. The summed E-state index contributed by atoms with van der Waals surface area (Å²) in [5.74, 6) is -0.536. The Morgan fingerprint density at radius 3 is 3.00 bits per heavy atom. The Morgan fingerprint density at radius 1 is 1.52 bits per heavy atom. The van der Waals surface area contributed by atoms with E-state index in [0.29, 0.717) is 24.5 Å². The molecule has 1 aromatic carbocycles. The van der Waals surface area contributed by atoms with Crippen molar-refractivity contribution in [3.05, 3.63) is 42.5 Å². The van der Waals surface area contributed by atoms with Crippen molar-refractivity contribution in [2.75, 3.05) is 25.0 Å². The molecular weight excluding hydrogens is 297 g/mol. The zero-order valence-electron chi connectivity index (χ0n) is 12.9. The van der Waals surface area contributed by atoms with E-state index in [2.05, 4.69) is 10.4 Å². The molecule has 120 valence electrons. The van der Waals surface area contributed by atoms with Crippen LogP contribution >= 0.6 is 0 Å². The number of carbonyl (C=O) groups is 1. The molecule has 7 heteroatoms. The summed E-state index contributed by atoms with van der Waals surface area (Å²) >= 11 is 0. The number of anilines is 1. The van der Waals surface area contributed by atoms with Crippen LogP contribution in [0.15, 0.2) is 36.7 Å². The molecule has 0 saturated carbocycles. The van der Waals surface area contributed by atoms with Crippen LogP contribution in [0.5, 0.6) is 0 Å². The minimum Gasteiger partial charge on any atom is -0.374 e. The molecule has 0 aliphatic carbocycles. The van der Waals surface area contributed by atoms with Crippen LogP contribution in [0.25, 0.3) is 5.69 Å². The zero-order valence-corrected chi connectivity index (χ0v) is 12.9. The summed E-state index contributed by atoms with van der Waals surface area (Å²) in [7, 11) is 0. The van der Waals surface area contributed by atoms with Gasteiger partial charge in [-0.15, -0.1) is 0 Å². The van der Waals surface area contributed by atoms with Crippen molar-refractivity contribution >= 4 is 11.6 Å². The van der Waals surface area contributed by atoms with Crippen LogP contribution < -0.4 is 5.32 Å². The Hall–Kier alpha value is -2.88. The third-order valence-corrected chi connectivity index (χ3v) is 3.37. The fraction of sp³-hybridized carbons (Fsp3) is 0.312. The maximum Gasteiger partial charge on any atom is 0.241 e. The van der Waals surface area contributed by atoms with Crippen LogP contribution in [-0.2, 0) is 4.79 Å². The number of benzene rings is 1. The van der Waals surface area contributed by atoms with E-state index in [1.165, 1.54) is 12.1 Å². The molecule has 2 aromatic rings. The van der Waals surface area contributed by atoms with Gasteiger partial charge in [-0.3, -0.25) is 4.79 Å². The number of likely N-dealkylation sites (N-methyl/N-ethyl adjacent to an activating group) is 1. The summed E-state index contributed by atoms with van der Waals surface area (Å²) < 4.78 is 15.1. The lowest BCUT2D eigenvalue weighted by Crippen LogP contribution is -2.36. The van der Waals surface area contributed by atoms with E-state index in [1.807, 2.05) is 13.0 Å². The van der Waals surface area contributed by atoms with Gasteiger partial charge < -0.3 is 10.2 Å². The molecule has 0 atom stereocenters. The number of nitrogens with one attached hydrogen (secondary N) is 1. The highest BCUT2D eigenvalue weighted by Gasteiger charge is 2.13. The molecule has 0 spiro atoms. The van der Waals surface area contributed by atoms with Crippen molar-refractivity contribution in [2.24, 2.45) is 0 Å². The lowest BCUT2D eigenvalue weighted by Gasteiger charge is -2.20. The summed E-state index contributed by atoms with van der Waals surface area (Å²) in [4.78, 5) is 13.8. The first-order valence-corrected chi connectivity index (χ1v) is 7.34. The first kappa shape index (κ1) is 16.5. The van der Waals surface area contributed by atoms with Gasteiger partial charge in [-0.2, -0.15) is 10.4 Å². The van der Waals surface area contributed by atoms with Crippen LogP contribution in [0.1, 0.15) is 13.3 Å². The van der Waals surface area contributed by atoms with E-state index in [9.17, 15) is 9.18 Å². The zero-order chi connectivity index (χ0) is 16.7. The van der Waals surface area contributed by atoms with E-state index in [-0.39, 0.29) is 18.9 Å². The van der Waals surface area contributed by atoms with Crippen molar-refractivity contribution in [3.63, 3.8) is 0 Å². The molecule has 6 nitrogen and oxygen atoms in total. The van der Waals surface area contributed by atoms with Crippen LogP contribution in [0.2, 0.25) is 0 Å². The number of halogens is 1. The predicted octanol–water partition coefficient (Wildman–Crippen LogP) is 2.19. The number of carbonyl (C=O) groups excluding carboxylic acids is 1. The van der Waals surface area contributed by atoms with Gasteiger partial charge in [0.05, 0.1) is 30.4 Å². The number of rotatable bonds is 7. The summed E-state index contributed by atoms with van der Waals surface area (Å²) in [6, 6.07) is 8.06. The number of hydrogen-bond acceptors (Lipinski definition) is 4. The van der Waals surface area contributed by atoms with Gasteiger partial charge in [0.2, 0.25) is 5.91 Å². The quantitative estimate of drug-likeness (QED) is 0.850. The third kappa shape index (κ3) is 4.30. The summed E-state index contributed by atoms with van der Waals surface area (Å²) in [6.45, 7) is 2.80. The van der Waals surface area contributed by atoms with Gasteiger partial charge in [0.15, 0.2) is 0 Å². The lowest BCUT2D eigenvalue weighted by atomic mass is 10.2. The SMILES string of the molecule is CCN(CCC#N)C(=O)CNc1cc(F)ccc1-n1cccn1. The van der Waals surface area contributed by atoms with Crippen molar-refractivity contribution in [1.29, 1.82) is 5.26 Å². The highest BCUT2D eigenvalue weighted by atomic mass is 19.1. The van der Waals surface area contributed by atoms with Crippen LogP contribution in [-0.4, -0.2) is 40.2 Å². The summed E-state index contributed by atoms with van der Waals surface area (Å²) in [6.07, 6.45) is 3.66. The van der Waals surface area contributed by atoms with Crippen molar-refractivity contribution in [3.8, 4) is 11.8 Å². The van der Waals surface area contributed by atoms with E-state index >= 15 is 0 Å². The van der Waals surface area contributed by atoms with Gasteiger partial charge in [0.1, 0.15) is 5.82 Å². The van der Waals surface area contributed by atoms with Crippen LogP contribution in [0.3, 0.4) is 0 Å². The minimum absolute atomic E-state index is 0.0248. The number of nitrogens with zero attached hydrogens (tertiary/aromatic N) is 4. The molecule has 1 N–H and O–H groups in total. The topological polar surface area (TPSA) is 74.0 Å². The molecule has 0 aliphatic heterocycles. The molecule has 0 radical (unpaired) electrons. The van der Waals surface area contributed by atoms with Gasteiger partial charge in [-0.05, 0) is 31.2 Å². The standard InChI is InChI=1S/C16H18FN5O/c1-2-21(9-3-7-18)16(23)12-19-14-11-13(17)5-6-15(14)22-10-4-8-20-22/h4-6,8,10-11,19H,2-3,9,12H2,1H3. The Balaban J connectivity index is 2.09. The molecule has 1 aromatic heterocycles. The second-order valence-corrected chi connectivity index (χ2v) is 4.85. The van der Waals surface area contributed by atoms with Crippen molar-refractivity contribution in [2.45, 2.75) is 13.3 Å². The van der Waals surface area contributed by atoms with Crippen molar-refractivity contribution in [1.82, 2.24) is 14.7 Å². The fourth-order valence-corrected chi connectivity index (χ4v) is 2.19. The number of hydrogen-bond donors (Lipinski definition) is 1. The highest BCUT2D eigenvalue weighted by Crippen LogP contribution is 2.20. The van der Waals surface area contributed by atoms with Gasteiger partial charge in [0, 0.05) is 25.5 Å². The third-order valence-electron chi connectivity index (χ3n) is 3.37. The molecule has 2 rings (SSSR count). The first-order chi connectivity index (χ1) is 11.2. The van der Waals surface area contributed by atoms with E-state index in [0.717, 1.165) is 0 Å². The van der Waals surface area contributed by atoms with Crippen LogP contribution in [0, 0.1) is 17.1 Å². The summed E-state index contributed by atoms with van der Waals surface area (Å²) in [5, 5.41) is 15.7. The normalized spacial score (nSPS) is 10.1. The summed E-state index contributed by atoms with van der Waals surface area (Å²) in [5.41, 5.74) is 1.14. The van der Waals surface area contributed by atoms with Crippen LogP contribution in [0.4, 0.5) is 10.1 Å².